The van der Waals surface area contributed by atoms with Crippen molar-refractivity contribution in [2.45, 2.75) is 11.3 Å². The van der Waals surface area contributed by atoms with Crippen molar-refractivity contribution in [3.05, 3.63) is 28.3 Å². The number of rotatable bonds is 7. The lowest BCUT2D eigenvalue weighted by Gasteiger charge is -2.10. The monoisotopic (exact) mass is 303 g/mol. The fourth-order valence-corrected chi connectivity index (χ4v) is 2.55. The summed E-state index contributed by atoms with van der Waals surface area (Å²) < 4.78 is 26.0. The van der Waals surface area contributed by atoms with E-state index >= 15 is 0 Å². The van der Waals surface area contributed by atoms with E-state index in [1.807, 2.05) is 0 Å². The van der Waals surface area contributed by atoms with Gasteiger partial charge in [-0.25, -0.2) is 13.1 Å². The van der Waals surface area contributed by atoms with Crippen LogP contribution in [0.4, 0.5) is 11.4 Å². The first-order valence-corrected chi connectivity index (χ1v) is 6.79. The van der Waals surface area contributed by atoms with Crippen molar-refractivity contribution >= 4 is 27.3 Å². The third kappa shape index (κ3) is 3.88. The average molecular weight is 303 g/mol. The Morgan fingerprint density at radius 1 is 1.40 bits per heavy atom. The molecule has 10 nitrogen and oxygen atoms in total. The smallest absolute Gasteiger partial charge is 0.271 e. The van der Waals surface area contributed by atoms with Crippen molar-refractivity contribution in [2.24, 2.45) is 11.6 Å². The minimum atomic E-state index is -3.96. The van der Waals surface area contributed by atoms with E-state index in [2.05, 4.69) is 10.1 Å². The van der Waals surface area contributed by atoms with Gasteiger partial charge in [0, 0.05) is 25.1 Å². The number of nitrogens with two attached hydrogens (primary N) is 2. The zero-order valence-electron chi connectivity index (χ0n) is 10.2. The molecule has 1 aromatic rings. The van der Waals surface area contributed by atoms with Gasteiger partial charge in [0.05, 0.1) is 10.6 Å². The summed E-state index contributed by atoms with van der Waals surface area (Å²) in [5.41, 5.74) is 6.52. The number of amides is 1. The number of non-ortho nitro benzene ring substituents is 1. The molecule has 110 valence electrons. The molecule has 0 aliphatic heterocycles. The molecule has 1 amide bonds. The number of carbonyl (C=O) groups excluding carboxylic acids is 1. The van der Waals surface area contributed by atoms with Crippen molar-refractivity contribution in [3.8, 4) is 0 Å². The zero-order valence-corrected chi connectivity index (χ0v) is 11.0. The maximum Gasteiger partial charge on any atom is 0.271 e. The number of benzene rings is 1. The van der Waals surface area contributed by atoms with Crippen LogP contribution in [-0.2, 0) is 14.8 Å². The largest absolute Gasteiger partial charge is 0.370 e. The molecule has 1 rings (SSSR count). The number of nitrogens with one attached hydrogen (secondary N) is 2. The van der Waals surface area contributed by atoms with Gasteiger partial charge < -0.3 is 11.2 Å². The Hall–Kier alpha value is -2.24. The number of nitrogens with zero attached hydrogens (tertiary/aromatic N) is 1. The molecule has 0 fully saturated rings. The van der Waals surface area contributed by atoms with Gasteiger partial charge in [0.2, 0.25) is 15.9 Å². The maximum absolute atomic E-state index is 11.9. The van der Waals surface area contributed by atoms with Crippen LogP contribution in [0.5, 0.6) is 0 Å². The van der Waals surface area contributed by atoms with Crippen LogP contribution in [-0.4, -0.2) is 25.8 Å². The SMILES string of the molecule is NNc1cc([N+](=O)[O-])ccc1S(=O)(=O)NCCC(N)=O. The number of nitrogen functional groups attached to an aromatic ring is 1. The Morgan fingerprint density at radius 3 is 2.55 bits per heavy atom. The second-order valence-corrected chi connectivity index (χ2v) is 5.43. The van der Waals surface area contributed by atoms with Crippen LogP contribution >= 0.6 is 0 Å². The van der Waals surface area contributed by atoms with Crippen LogP contribution in [0, 0.1) is 10.1 Å². The third-order valence-corrected chi connectivity index (χ3v) is 3.80. The van der Waals surface area contributed by atoms with Gasteiger partial charge in [-0.3, -0.25) is 20.8 Å². The number of nitro benzene ring substituents is 1. The fraction of sp³-hybridized carbons (Fsp3) is 0.222. The van der Waals surface area contributed by atoms with Gasteiger partial charge in [-0.05, 0) is 6.07 Å². The molecule has 0 aliphatic rings. The fourth-order valence-electron chi connectivity index (χ4n) is 1.37. The van der Waals surface area contributed by atoms with E-state index in [0.717, 1.165) is 18.2 Å². The summed E-state index contributed by atoms with van der Waals surface area (Å²) in [4.78, 5) is 20.2. The molecule has 0 atom stereocenters. The summed E-state index contributed by atoms with van der Waals surface area (Å²) in [5, 5.41) is 10.6. The molecular formula is C9H13N5O5S. The van der Waals surface area contributed by atoms with Gasteiger partial charge in [0.15, 0.2) is 0 Å². The molecule has 0 saturated carbocycles. The highest BCUT2D eigenvalue weighted by Crippen LogP contribution is 2.25. The molecule has 0 heterocycles. The first-order chi connectivity index (χ1) is 9.27. The second-order valence-electron chi connectivity index (χ2n) is 3.70. The van der Waals surface area contributed by atoms with Gasteiger partial charge in [-0.15, -0.1) is 0 Å². The Balaban J connectivity index is 3.05. The molecule has 0 aliphatic carbocycles. The first-order valence-electron chi connectivity index (χ1n) is 5.31. The highest BCUT2D eigenvalue weighted by Gasteiger charge is 2.20. The Bertz CT molecular complexity index is 630. The van der Waals surface area contributed by atoms with E-state index in [0.29, 0.717) is 0 Å². The highest BCUT2D eigenvalue weighted by atomic mass is 32.2. The molecular weight excluding hydrogens is 290 g/mol. The predicted molar refractivity (Wildman–Crippen MR) is 69.9 cm³/mol. The normalized spacial score (nSPS) is 11.1. The Morgan fingerprint density at radius 2 is 2.05 bits per heavy atom. The number of hydrazine groups is 1. The van der Waals surface area contributed by atoms with Gasteiger partial charge in [-0.2, -0.15) is 0 Å². The lowest BCUT2D eigenvalue weighted by molar-refractivity contribution is -0.384. The second kappa shape index (κ2) is 6.27. The minimum Gasteiger partial charge on any atom is -0.370 e. The summed E-state index contributed by atoms with van der Waals surface area (Å²) in [7, 11) is -3.96. The molecule has 0 saturated heterocycles. The number of carbonyl (C=O) groups is 1. The summed E-state index contributed by atoms with van der Waals surface area (Å²) >= 11 is 0. The molecule has 6 N–H and O–H groups in total. The summed E-state index contributed by atoms with van der Waals surface area (Å²) in [6.45, 7) is -0.182. The van der Waals surface area contributed by atoms with E-state index in [-0.39, 0.29) is 29.2 Å². The minimum absolute atomic E-state index is 0.134. The lowest BCUT2D eigenvalue weighted by atomic mass is 10.3. The first kappa shape index (κ1) is 15.8. The molecule has 20 heavy (non-hydrogen) atoms. The van der Waals surface area contributed by atoms with Gasteiger partial charge >= 0.3 is 0 Å². The van der Waals surface area contributed by atoms with Crippen LogP contribution in [0.25, 0.3) is 0 Å². The van der Waals surface area contributed by atoms with Crippen molar-refractivity contribution in [3.63, 3.8) is 0 Å². The maximum atomic E-state index is 11.9. The molecule has 0 radical (unpaired) electrons. The summed E-state index contributed by atoms with van der Waals surface area (Å²) in [5.74, 6) is 4.50. The predicted octanol–water partition coefficient (Wildman–Crippen LogP) is -0.966. The van der Waals surface area contributed by atoms with Crippen LogP contribution in [0.3, 0.4) is 0 Å². The topological polar surface area (TPSA) is 170 Å². The number of nitro groups is 1. The van der Waals surface area contributed by atoms with Crippen molar-refractivity contribution in [1.82, 2.24) is 4.72 Å². The average Bonchev–Trinajstić information content (AvgIpc) is 2.37. The van der Waals surface area contributed by atoms with Gasteiger partial charge in [0.1, 0.15) is 4.90 Å². The van der Waals surface area contributed by atoms with Crippen molar-refractivity contribution in [2.75, 3.05) is 12.0 Å². The Kier molecular flexibility index (Phi) is 4.96. The standard InChI is InChI=1S/C9H13N5O5S/c10-9(15)3-4-12-20(18,19)8-2-1-6(14(16)17)5-7(8)13-11/h1-2,5,12-13H,3-4,11H2,(H2,10,15). The molecule has 0 bridgehead atoms. The number of sulfonamides is 1. The molecule has 0 unspecified atom stereocenters. The molecule has 11 heteroatoms. The van der Waals surface area contributed by atoms with E-state index in [4.69, 9.17) is 11.6 Å². The molecule has 0 aromatic heterocycles. The van der Waals surface area contributed by atoms with E-state index in [9.17, 15) is 23.3 Å². The van der Waals surface area contributed by atoms with E-state index in [1.165, 1.54) is 0 Å². The lowest BCUT2D eigenvalue weighted by Crippen LogP contribution is -2.29. The number of hydrogen-bond donors (Lipinski definition) is 4. The quantitative estimate of drug-likeness (QED) is 0.285. The van der Waals surface area contributed by atoms with Gasteiger partial charge in [-0.1, -0.05) is 0 Å². The summed E-state index contributed by atoms with van der Waals surface area (Å²) in [6.07, 6.45) is -0.169. The van der Waals surface area contributed by atoms with E-state index in [1.54, 1.807) is 0 Å². The Labute approximate surface area is 114 Å². The molecule has 0 spiro atoms. The van der Waals surface area contributed by atoms with Crippen molar-refractivity contribution < 1.29 is 18.1 Å². The zero-order chi connectivity index (χ0) is 15.3. The highest BCUT2D eigenvalue weighted by molar-refractivity contribution is 7.89. The van der Waals surface area contributed by atoms with Crippen molar-refractivity contribution in [1.29, 1.82) is 0 Å². The van der Waals surface area contributed by atoms with Gasteiger partial charge in [0.25, 0.3) is 5.69 Å². The van der Waals surface area contributed by atoms with Crippen LogP contribution in [0.1, 0.15) is 6.42 Å². The summed E-state index contributed by atoms with van der Waals surface area (Å²) in [6, 6.07) is 3.06. The molecule has 1 aromatic carbocycles. The third-order valence-electron chi connectivity index (χ3n) is 2.28. The van der Waals surface area contributed by atoms with Crippen LogP contribution in [0.15, 0.2) is 23.1 Å². The number of primary amides is 1. The number of anilines is 1. The van der Waals surface area contributed by atoms with Crippen LogP contribution < -0.4 is 21.7 Å². The van der Waals surface area contributed by atoms with Crippen LogP contribution in [0.2, 0.25) is 0 Å². The van der Waals surface area contributed by atoms with E-state index < -0.39 is 20.9 Å². The number of hydrogen-bond acceptors (Lipinski definition) is 7.